The summed E-state index contributed by atoms with van der Waals surface area (Å²) in [6.45, 7) is -0.132. The van der Waals surface area contributed by atoms with Gasteiger partial charge in [0, 0.05) is 26.3 Å². The van der Waals surface area contributed by atoms with Gasteiger partial charge in [0.05, 0.1) is 17.1 Å². The van der Waals surface area contributed by atoms with Gasteiger partial charge < -0.3 is 15.0 Å². The maximum Gasteiger partial charge on any atom is 0.307 e. The summed E-state index contributed by atoms with van der Waals surface area (Å²) in [6.07, 6.45) is -0.309. The van der Waals surface area contributed by atoms with Gasteiger partial charge >= 0.3 is 5.97 Å². The van der Waals surface area contributed by atoms with Gasteiger partial charge in [-0.15, -0.1) is 0 Å². The molecule has 150 valence electrons. The number of esters is 1. The van der Waals surface area contributed by atoms with Crippen LogP contribution in [-0.2, 0) is 30.7 Å². The molecule has 0 radical (unpaired) electrons. The number of ether oxygens (including phenoxy) is 1. The molecule has 0 heterocycles. The largest absolute Gasteiger partial charge is 0.456 e. The molecule has 0 atom stereocenters. The van der Waals surface area contributed by atoms with Crippen molar-refractivity contribution in [3.63, 3.8) is 0 Å². The fraction of sp³-hybridized carbons (Fsp3) is 0.300. The molecule has 2 aromatic rings. The monoisotopic (exact) mass is 404 g/mol. The molecule has 0 aliphatic heterocycles. The lowest BCUT2D eigenvalue weighted by Gasteiger charge is -2.13. The molecule has 0 fully saturated rings. The van der Waals surface area contributed by atoms with E-state index in [0.717, 1.165) is 11.3 Å². The van der Waals surface area contributed by atoms with E-state index in [0.29, 0.717) is 6.54 Å². The Bertz CT molecular complexity index is 894. The standard InChI is InChI=1S/C20H24N2O5S/c1-22(2)17-10-8-16(9-11-17)14-21-19(23)15-27-20(24)12-13-28(25,26)18-6-4-3-5-7-18/h3-11H,12-15H2,1-2H3,(H,21,23). The average molecular weight is 404 g/mol. The highest BCUT2D eigenvalue weighted by molar-refractivity contribution is 7.91. The molecule has 0 aliphatic carbocycles. The van der Waals surface area contributed by atoms with Crippen LogP contribution in [0.3, 0.4) is 0 Å². The first-order valence-electron chi connectivity index (χ1n) is 8.74. The zero-order chi connectivity index (χ0) is 20.6. The topological polar surface area (TPSA) is 92.8 Å². The smallest absolute Gasteiger partial charge is 0.307 e. The van der Waals surface area contributed by atoms with Gasteiger partial charge in [-0.05, 0) is 29.8 Å². The number of carbonyl (C=O) groups is 2. The van der Waals surface area contributed by atoms with E-state index in [1.807, 2.05) is 43.3 Å². The zero-order valence-electron chi connectivity index (χ0n) is 15.9. The lowest BCUT2D eigenvalue weighted by atomic mass is 10.2. The van der Waals surface area contributed by atoms with E-state index in [2.05, 4.69) is 5.32 Å². The molecule has 0 aliphatic rings. The van der Waals surface area contributed by atoms with Gasteiger partial charge in [-0.2, -0.15) is 0 Å². The molecule has 8 heteroatoms. The van der Waals surface area contributed by atoms with Crippen LogP contribution in [0.25, 0.3) is 0 Å². The molecule has 0 bridgehead atoms. The second kappa shape index (κ2) is 9.89. The number of amides is 1. The summed E-state index contributed by atoms with van der Waals surface area (Å²) in [7, 11) is 0.327. The summed E-state index contributed by atoms with van der Waals surface area (Å²) in [5.41, 5.74) is 1.97. The predicted octanol–water partition coefficient (Wildman–Crippen LogP) is 1.78. The Kier molecular flexibility index (Phi) is 7.57. The normalized spacial score (nSPS) is 10.9. The van der Waals surface area contributed by atoms with Crippen LogP contribution >= 0.6 is 0 Å². The number of carbonyl (C=O) groups excluding carboxylic acids is 2. The first-order valence-corrected chi connectivity index (χ1v) is 10.4. The van der Waals surface area contributed by atoms with E-state index in [1.165, 1.54) is 12.1 Å². The molecule has 0 saturated carbocycles. The molecule has 0 aromatic heterocycles. The van der Waals surface area contributed by atoms with Crippen LogP contribution in [0.1, 0.15) is 12.0 Å². The van der Waals surface area contributed by atoms with E-state index >= 15 is 0 Å². The minimum Gasteiger partial charge on any atom is -0.456 e. The summed E-state index contributed by atoms with van der Waals surface area (Å²) in [4.78, 5) is 25.7. The lowest BCUT2D eigenvalue weighted by molar-refractivity contribution is -0.148. The summed E-state index contributed by atoms with van der Waals surface area (Å²) in [5.74, 6) is -1.55. The molecule has 0 saturated heterocycles. The van der Waals surface area contributed by atoms with Crippen molar-refractivity contribution in [3.05, 3.63) is 60.2 Å². The third-order valence-corrected chi connectivity index (χ3v) is 5.72. The van der Waals surface area contributed by atoms with Crippen LogP contribution < -0.4 is 10.2 Å². The van der Waals surface area contributed by atoms with Crippen molar-refractivity contribution in [2.45, 2.75) is 17.9 Å². The number of nitrogens with zero attached hydrogens (tertiary/aromatic N) is 1. The van der Waals surface area contributed by atoms with Crippen molar-refractivity contribution in [1.29, 1.82) is 0 Å². The highest BCUT2D eigenvalue weighted by atomic mass is 32.2. The number of nitrogens with one attached hydrogen (secondary N) is 1. The van der Waals surface area contributed by atoms with Crippen molar-refractivity contribution in [1.82, 2.24) is 5.32 Å². The maximum absolute atomic E-state index is 12.1. The van der Waals surface area contributed by atoms with Gasteiger partial charge in [-0.3, -0.25) is 9.59 Å². The first kappa shape index (κ1) is 21.4. The second-order valence-corrected chi connectivity index (χ2v) is 8.49. The third kappa shape index (κ3) is 6.70. The van der Waals surface area contributed by atoms with E-state index in [-0.39, 0.29) is 17.1 Å². The molecule has 2 rings (SSSR count). The molecule has 0 unspecified atom stereocenters. The van der Waals surface area contributed by atoms with Crippen molar-refractivity contribution < 1.29 is 22.7 Å². The Morgan fingerprint density at radius 2 is 1.64 bits per heavy atom. The van der Waals surface area contributed by atoms with Gasteiger partial charge in [0.1, 0.15) is 0 Å². The van der Waals surface area contributed by atoms with Gasteiger partial charge in [-0.25, -0.2) is 8.42 Å². The predicted molar refractivity (Wildman–Crippen MR) is 107 cm³/mol. The number of anilines is 1. The first-order chi connectivity index (χ1) is 13.3. The van der Waals surface area contributed by atoms with Crippen LogP contribution in [0.4, 0.5) is 5.69 Å². The highest BCUT2D eigenvalue weighted by Crippen LogP contribution is 2.12. The van der Waals surface area contributed by atoms with Crippen molar-refractivity contribution >= 4 is 27.4 Å². The quantitative estimate of drug-likeness (QED) is 0.641. The Morgan fingerprint density at radius 1 is 1.00 bits per heavy atom. The van der Waals surface area contributed by atoms with Gasteiger partial charge in [0.25, 0.3) is 5.91 Å². The Morgan fingerprint density at radius 3 is 2.25 bits per heavy atom. The van der Waals surface area contributed by atoms with Crippen LogP contribution in [0.2, 0.25) is 0 Å². The minimum absolute atomic E-state index is 0.154. The minimum atomic E-state index is -3.55. The van der Waals surface area contributed by atoms with Crippen LogP contribution in [0.5, 0.6) is 0 Å². The number of hydrogen-bond donors (Lipinski definition) is 1. The second-order valence-electron chi connectivity index (χ2n) is 6.38. The van der Waals surface area contributed by atoms with E-state index in [9.17, 15) is 18.0 Å². The molecule has 7 nitrogen and oxygen atoms in total. The lowest BCUT2D eigenvalue weighted by Crippen LogP contribution is -2.28. The number of sulfone groups is 1. The Balaban J connectivity index is 1.71. The SMILES string of the molecule is CN(C)c1ccc(CNC(=O)COC(=O)CCS(=O)(=O)c2ccccc2)cc1. The zero-order valence-corrected chi connectivity index (χ0v) is 16.7. The van der Waals surface area contributed by atoms with E-state index < -0.39 is 28.3 Å². The van der Waals surface area contributed by atoms with Crippen molar-refractivity contribution in [2.24, 2.45) is 0 Å². The third-order valence-electron chi connectivity index (χ3n) is 3.98. The molecule has 1 amide bonds. The van der Waals surface area contributed by atoms with Crippen molar-refractivity contribution in [3.8, 4) is 0 Å². The number of hydrogen-bond acceptors (Lipinski definition) is 6. The summed E-state index contributed by atoms with van der Waals surface area (Å²) >= 11 is 0. The Labute approximate surface area is 165 Å². The van der Waals surface area contributed by atoms with E-state index in [4.69, 9.17) is 4.74 Å². The number of benzene rings is 2. The molecule has 0 spiro atoms. The van der Waals surface area contributed by atoms with Gasteiger partial charge in [-0.1, -0.05) is 30.3 Å². The van der Waals surface area contributed by atoms with Crippen molar-refractivity contribution in [2.75, 3.05) is 31.4 Å². The molecular weight excluding hydrogens is 380 g/mol. The van der Waals surface area contributed by atoms with Gasteiger partial charge in [0.15, 0.2) is 16.4 Å². The summed E-state index contributed by atoms with van der Waals surface area (Å²) in [6, 6.07) is 15.6. The fourth-order valence-electron chi connectivity index (χ4n) is 2.35. The van der Waals surface area contributed by atoms with E-state index in [1.54, 1.807) is 18.2 Å². The Hall–Kier alpha value is -2.87. The summed E-state index contributed by atoms with van der Waals surface area (Å²) in [5, 5.41) is 2.65. The van der Waals surface area contributed by atoms with Crippen LogP contribution in [0.15, 0.2) is 59.5 Å². The molecular formula is C20H24N2O5S. The molecule has 1 N–H and O–H groups in total. The van der Waals surface area contributed by atoms with Crippen LogP contribution in [0, 0.1) is 0 Å². The fourth-order valence-corrected chi connectivity index (χ4v) is 3.59. The molecule has 28 heavy (non-hydrogen) atoms. The van der Waals surface area contributed by atoms with Crippen LogP contribution in [-0.4, -0.2) is 46.7 Å². The average Bonchev–Trinajstić information content (AvgIpc) is 2.70. The van der Waals surface area contributed by atoms with Gasteiger partial charge in [0.2, 0.25) is 0 Å². The maximum atomic E-state index is 12.1. The molecule has 2 aromatic carbocycles. The number of rotatable bonds is 9. The highest BCUT2D eigenvalue weighted by Gasteiger charge is 2.17. The summed E-state index contributed by atoms with van der Waals surface area (Å²) < 4.78 is 29.1.